The quantitative estimate of drug-likeness (QED) is 0.0346. The second-order valence-electron chi connectivity index (χ2n) is 16.3. The highest BCUT2D eigenvalue weighted by atomic mass is 16.7. The van der Waals surface area contributed by atoms with Crippen molar-refractivity contribution >= 4 is 5.91 Å². The number of amides is 1. The summed E-state index contributed by atoms with van der Waals surface area (Å²) in [5.74, 6) is 0.0678. The Labute approximate surface area is 322 Å². The molecule has 53 heavy (non-hydrogen) atoms. The molecule has 0 aromatic rings. The van der Waals surface area contributed by atoms with Gasteiger partial charge in [-0.15, -0.1) is 0 Å². The van der Waals surface area contributed by atoms with Crippen LogP contribution in [0.2, 0.25) is 0 Å². The molecule has 1 rings (SSSR count). The molecule has 1 heterocycles. The van der Waals surface area contributed by atoms with Gasteiger partial charge in [-0.1, -0.05) is 175 Å². The number of nitrogens with one attached hydrogen (secondary N) is 1. The highest BCUT2D eigenvalue weighted by Crippen LogP contribution is 2.23. The minimum Gasteiger partial charge on any atom is -0.394 e. The molecule has 0 aromatic heterocycles. The third kappa shape index (κ3) is 23.7. The van der Waals surface area contributed by atoms with Crippen LogP contribution in [-0.2, 0) is 14.3 Å². The Kier molecular flexibility index (Phi) is 30.5. The van der Waals surface area contributed by atoms with Gasteiger partial charge in [-0.25, -0.2) is 0 Å². The van der Waals surface area contributed by atoms with Crippen molar-refractivity contribution in [2.24, 2.45) is 5.92 Å². The first-order valence-electron chi connectivity index (χ1n) is 21.8. The number of unbranched alkanes of at least 4 members (excludes halogenated alkanes) is 21. The molecule has 8 N–H and O–H groups in total. The van der Waals surface area contributed by atoms with Gasteiger partial charge in [0.25, 0.3) is 0 Å². The minimum absolute atomic E-state index is 0.265. The van der Waals surface area contributed by atoms with Crippen LogP contribution in [0.4, 0.5) is 0 Å². The fourth-order valence-corrected chi connectivity index (χ4v) is 7.15. The van der Waals surface area contributed by atoms with Crippen LogP contribution in [0.1, 0.15) is 188 Å². The van der Waals surface area contributed by atoms with Gasteiger partial charge in [0.2, 0.25) is 5.91 Å². The predicted molar refractivity (Wildman–Crippen MR) is 210 cm³/mol. The summed E-state index contributed by atoms with van der Waals surface area (Å²) < 4.78 is 11.1. The predicted octanol–water partition coefficient (Wildman–Crippen LogP) is 6.19. The second kappa shape index (κ2) is 32.2. The van der Waals surface area contributed by atoms with Crippen molar-refractivity contribution in [3.63, 3.8) is 0 Å². The summed E-state index contributed by atoms with van der Waals surface area (Å²) in [4.78, 5) is 13.0. The van der Waals surface area contributed by atoms with Crippen LogP contribution in [-0.4, -0.2) is 110 Å². The van der Waals surface area contributed by atoms with E-state index in [1.165, 1.54) is 103 Å². The highest BCUT2D eigenvalue weighted by molar-refractivity contribution is 5.80. The molecule has 1 fully saturated rings. The molecular weight excluding hydrogens is 678 g/mol. The summed E-state index contributed by atoms with van der Waals surface area (Å²) in [6.07, 6.45) is 17.3. The summed E-state index contributed by atoms with van der Waals surface area (Å²) in [5.41, 5.74) is 0. The lowest BCUT2D eigenvalue weighted by atomic mass is 9.98. The Bertz CT molecular complexity index is 849. The van der Waals surface area contributed by atoms with Gasteiger partial charge in [0.1, 0.15) is 36.6 Å². The van der Waals surface area contributed by atoms with Crippen molar-refractivity contribution in [2.75, 3.05) is 13.2 Å². The lowest BCUT2D eigenvalue weighted by Crippen LogP contribution is -2.60. The smallest absolute Gasteiger partial charge is 0.249 e. The van der Waals surface area contributed by atoms with Gasteiger partial charge >= 0.3 is 0 Å². The van der Waals surface area contributed by atoms with Crippen molar-refractivity contribution in [3.8, 4) is 0 Å². The molecule has 0 radical (unpaired) electrons. The van der Waals surface area contributed by atoms with Gasteiger partial charge in [0.15, 0.2) is 6.29 Å². The first kappa shape index (κ1) is 50.1. The lowest BCUT2D eigenvalue weighted by molar-refractivity contribution is -0.303. The number of aliphatic hydroxyl groups is 7. The van der Waals surface area contributed by atoms with Crippen molar-refractivity contribution < 1.29 is 50.0 Å². The fraction of sp³-hybridized carbons (Fsp3) is 0.976. The molecule has 0 bridgehead atoms. The van der Waals surface area contributed by atoms with Crippen molar-refractivity contribution in [1.82, 2.24) is 5.32 Å². The van der Waals surface area contributed by atoms with Crippen molar-refractivity contribution in [1.29, 1.82) is 0 Å². The molecule has 1 aliphatic rings. The van der Waals surface area contributed by atoms with Crippen LogP contribution >= 0.6 is 0 Å². The number of hydrogen-bond donors (Lipinski definition) is 8. The summed E-state index contributed by atoms with van der Waals surface area (Å²) in [7, 11) is 0. The number of carbonyl (C=O) groups is 1. The molecule has 0 aromatic carbocycles. The normalized spacial score (nSPS) is 22.9. The van der Waals surface area contributed by atoms with Gasteiger partial charge in [-0.3, -0.25) is 4.79 Å². The van der Waals surface area contributed by atoms with Gasteiger partial charge in [-0.2, -0.15) is 0 Å². The average molecular weight is 762 g/mol. The van der Waals surface area contributed by atoms with E-state index in [-0.39, 0.29) is 6.42 Å². The van der Waals surface area contributed by atoms with E-state index in [2.05, 4.69) is 26.1 Å². The average Bonchev–Trinajstić information content (AvgIpc) is 3.14. The van der Waals surface area contributed by atoms with Crippen LogP contribution in [0.25, 0.3) is 0 Å². The first-order chi connectivity index (χ1) is 25.5. The standard InChI is InChI=1S/C42H83NO10/c1-4-5-6-7-8-9-10-11-12-13-16-20-23-26-29-35(46)41(51)43-33(31-52-42-40(50)39(49)38(48)36(30-44)53-42)37(47)34(45)28-25-22-19-17-14-15-18-21-24-27-32(2)3/h32-40,42,44-50H,4-31H2,1-3H3,(H,43,51). The van der Waals surface area contributed by atoms with Crippen LogP contribution < -0.4 is 5.32 Å². The lowest BCUT2D eigenvalue weighted by Gasteiger charge is -2.40. The molecule has 316 valence electrons. The maximum absolute atomic E-state index is 13.0. The SMILES string of the molecule is CCCCCCCCCCCCCCCCC(O)C(=O)NC(COC1OC(CO)C(O)C(O)C1O)C(O)C(O)CCCCCCCCCCCC(C)C. The summed E-state index contributed by atoms with van der Waals surface area (Å²) in [6.45, 7) is 5.71. The van der Waals surface area contributed by atoms with Crippen LogP contribution in [0.15, 0.2) is 0 Å². The van der Waals surface area contributed by atoms with E-state index in [1.54, 1.807) is 0 Å². The van der Waals surface area contributed by atoms with E-state index in [1.807, 2.05) is 0 Å². The molecule has 0 spiro atoms. The van der Waals surface area contributed by atoms with E-state index < -0.39 is 74.2 Å². The van der Waals surface area contributed by atoms with E-state index in [4.69, 9.17) is 9.47 Å². The zero-order valence-corrected chi connectivity index (χ0v) is 33.9. The third-order valence-electron chi connectivity index (χ3n) is 10.8. The molecule has 9 atom stereocenters. The van der Waals surface area contributed by atoms with Crippen LogP contribution in [0, 0.1) is 5.92 Å². The summed E-state index contributed by atoms with van der Waals surface area (Å²) in [5, 5.41) is 75.4. The molecule has 0 saturated carbocycles. The number of carbonyl (C=O) groups excluding carboxylic acids is 1. The van der Waals surface area contributed by atoms with E-state index in [9.17, 15) is 40.5 Å². The highest BCUT2D eigenvalue weighted by Gasteiger charge is 2.44. The van der Waals surface area contributed by atoms with Gasteiger partial charge in [-0.05, 0) is 18.8 Å². The van der Waals surface area contributed by atoms with Crippen molar-refractivity contribution in [2.45, 2.75) is 243 Å². The third-order valence-corrected chi connectivity index (χ3v) is 10.8. The largest absolute Gasteiger partial charge is 0.394 e. The molecule has 9 unspecified atom stereocenters. The molecule has 1 aliphatic heterocycles. The zero-order valence-electron chi connectivity index (χ0n) is 33.9. The first-order valence-corrected chi connectivity index (χ1v) is 21.8. The maximum Gasteiger partial charge on any atom is 0.249 e. The molecule has 1 amide bonds. The van der Waals surface area contributed by atoms with Gasteiger partial charge in [0.05, 0.1) is 25.4 Å². The summed E-state index contributed by atoms with van der Waals surface area (Å²) in [6, 6.07) is -1.16. The molecule has 11 heteroatoms. The second-order valence-corrected chi connectivity index (χ2v) is 16.3. The minimum atomic E-state index is -1.66. The Balaban J connectivity index is 2.50. The number of aliphatic hydroxyl groups excluding tert-OH is 7. The Morgan fingerprint density at radius 1 is 0.623 bits per heavy atom. The van der Waals surface area contributed by atoms with Crippen molar-refractivity contribution in [3.05, 3.63) is 0 Å². The monoisotopic (exact) mass is 762 g/mol. The summed E-state index contributed by atoms with van der Waals surface area (Å²) >= 11 is 0. The van der Waals surface area contributed by atoms with E-state index >= 15 is 0 Å². The fourth-order valence-electron chi connectivity index (χ4n) is 7.15. The van der Waals surface area contributed by atoms with Gasteiger partial charge in [0, 0.05) is 0 Å². The molecule has 1 saturated heterocycles. The zero-order chi connectivity index (χ0) is 39.3. The van der Waals surface area contributed by atoms with Crippen LogP contribution in [0.3, 0.4) is 0 Å². The molecular formula is C42H83NO10. The Morgan fingerprint density at radius 3 is 1.51 bits per heavy atom. The van der Waals surface area contributed by atoms with E-state index in [0.717, 1.165) is 44.4 Å². The van der Waals surface area contributed by atoms with Gasteiger partial charge < -0.3 is 50.5 Å². The van der Waals surface area contributed by atoms with Crippen LogP contribution in [0.5, 0.6) is 0 Å². The van der Waals surface area contributed by atoms with E-state index in [0.29, 0.717) is 19.3 Å². The topological polar surface area (TPSA) is 189 Å². The molecule has 0 aliphatic carbocycles. The maximum atomic E-state index is 13.0. The number of rotatable bonds is 35. The number of hydrogen-bond acceptors (Lipinski definition) is 10. The Hall–Kier alpha value is -0.890. The molecule has 11 nitrogen and oxygen atoms in total. The number of ether oxygens (including phenoxy) is 2. The Morgan fingerprint density at radius 2 is 1.06 bits per heavy atom.